The lowest BCUT2D eigenvalue weighted by Crippen LogP contribution is -2.47. The van der Waals surface area contributed by atoms with Gasteiger partial charge in [0.25, 0.3) is 5.91 Å². The highest BCUT2D eigenvalue weighted by molar-refractivity contribution is 7.14. The first-order valence-electron chi connectivity index (χ1n) is 15.1. The number of piperidine rings is 2. The van der Waals surface area contributed by atoms with Gasteiger partial charge in [-0.05, 0) is 75.2 Å². The van der Waals surface area contributed by atoms with Gasteiger partial charge in [-0.3, -0.25) is 9.59 Å². The highest BCUT2D eigenvalue weighted by Gasteiger charge is 2.32. The molecule has 0 unspecified atom stereocenters. The van der Waals surface area contributed by atoms with Crippen LogP contribution in [0, 0.1) is 0 Å². The number of rotatable bonds is 7. The van der Waals surface area contributed by atoms with E-state index in [-0.39, 0.29) is 24.0 Å². The van der Waals surface area contributed by atoms with Gasteiger partial charge < -0.3 is 30.9 Å². The fourth-order valence-electron chi connectivity index (χ4n) is 6.36. The van der Waals surface area contributed by atoms with Gasteiger partial charge in [-0.25, -0.2) is 9.50 Å². The summed E-state index contributed by atoms with van der Waals surface area (Å²) in [5.41, 5.74) is 10.1. The predicted molar refractivity (Wildman–Crippen MR) is 163 cm³/mol. The quantitative estimate of drug-likeness (QED) is 0.383. The topological polar surface area (TPSA) is 130 Å². The lowest BCUT2D eigenvalue weighted by molar-refractivity contribution is -0.127. The maximum atomic E-state index is 13.7. The van der Waals surface area contributed by atoms with Gasteiger partial charge in [-0.2, -0.15) is 5.10 Å². The number of anilines is 2. The second-order valence-corrected chi connectivity index (χ2v) is 13.0. The summed E-state index contributed by atoms with van der Waals surface area (Å²) in [6.07, 6.45) is 9.81. The Morgan fingerprint density at radius 3 is 2.76 bits per heavy atom. The van der Waals surface area contributed by atoms with Crippen molar-refractivity contribution in [1.29, 1.82) is 0 Å². The molecule has 11 nitrogen and oxygen atoms in total. The molecule has 2 amide bonds. The largest absolute Gasteiger partial charge is 0.489 e. The zero-order valence-electron chi connectivity index (χ0n) is 24.0. The Hall–Kier alpha value is -3.64. The Kier molecular flexibility index (Phi) is 7.27. The van der Waals surface area contributed by atoms with E-state index in [0.29, 0.717) is 36.2 Å². The fraction of sp³-hybridized carbons (Fsp3) is 0.533. The number of carbonyl (C=O) groups excluding carboxylic acids is 2. The zero-order chi connectivity index (χ0) is 28.8. The average molecular weight is 591 g/mol. The van der Waals surface area contributed by atoms with Crippen LogP contribution in [0.25, 0.3) is 11.1 Å². The number of nitrogens with two attached hydrogens (primary N) is 1. The maximum Gasteiger partial charge on any atom is 0.265 e. The number of thiophene rings is 1. The lowest BCUT2D eigenvalue weighted by Gasteiger charge is -2.34. The first kappa shape index (κ1) is 27.2. The third-order valence-corrected chi connectivity index (χ3v) is 10.1. The predicted octanol–water partition coefficient (Wildman–Crippen LogP) is 3.03. The molecule has 1 atom stereocenters. The van der Waals surface area contributed by atoms with Crippen LogP contribution >= 0.6 is 11.3 Å². The second-order valence-electron chi connectivity index (χ2n) is 11.9. The summed E-state index contributed by atoms with van der Waals surface area (Å²) < 4.78 is 8.26. The molecule has 222 valence electrons. The van der Waals surface area contributed by atoms with E-state index in [1.165, 1.54) is 24.0 Å². The Morgan fingerprint density at radius 1 is 1.17 bits per heavy atom. The first-order valence-corrected chi connectivity index (χ1v) is 15.9. The summed E-state index contributed by atoms with van der Waals surface area (Å²) in [6.45, 7) is 6.10. The van der Waals surface area contributed by atoms with Crippen LogP contribution in [0.5, 0.6) is 5.75 Å². The summed E-state index contributed by atoms with van der Waals surface area (Å²) in [5.74, 6) is 1.72. The van der Waals surface area contributed by atoms with E-state index in [1.54, 1.807) is 23.2 Å². The highest BCUT2D eigenvalue weighted by Crippen LogP contribution is 2.46. The number of nitrogens with one attached hydrogen (secondary N) is 2. The normalized spacial score (nSPS) is 21.5. The van der Waals surface area contributed by atoms with Crippen LogP contribution < -0.4 is 26.0 Å². The van der Waals surface area contributed by atoms with Crippen molar-refractivity contribution in [2.45, 2.75) is 63.5 Å². The molecular weight excluding hydrogens is 552 g/mol. The number of fused-ring (bicyclic) bond motifs is 1. The Balaban J connectivity index is 1.11. The number of aromatic nitrogens is 3. The van der Waals surface area contributed by atoms with E-state index in [4.69, 9.17) is 10.5 Å². The van der Waals surface area contributed by atoms with Crippen LogP contribution in [-0.4, -0.2) is 82.7 Å². The smallest absolute Gasteiger partial charge is 0.265 e. The number of nitrogens with zero attached hydrogens (tertiary/aromatic N) is 5. The zero-order valence-corrected chi connectivity index (χ0v) is 24.8. The molecule has 0 radical (unpaired) electrons. The Morgan fingerprint density at radius 2 is 2.00 bits per heavy atom. The summed E-state index contributed by atoms with van der Waals surface area (Å²) in [7, 11) is 0. The molecule has 3 aromatic heterocycles. The Labute approximate surface area is 249 Å². The van der Waals surface area contributed by atoms with Crippen LogP contribution in [-0.2, 0) is 4.79 Å². The molecular formula is C30H38N8O3S. The van der Waals surface area contributed by atoms with E-state index in [9.17, 15) is 9.59 Å². The minimum Gasteiger partial charge on any atom is -0.489 e. The molecule has 2 saturated heterocycles. The van der Waals surface area contributed by atoms with Crippen LogP contribution in [0.4, 0.5) is 11.5 Å². The standard InChI is InChI=1S/C30H38N8O3S/c1-18(39)36-12-8-20(15-36)23-13-24(27-29(31)33-17-34-38(23)27)37-11-2-3-21(16-37)35-30(40)28-25(14-26(42-28)19-4-5-19)41-22-6-9-32-10-7-22/h8,13-14,17,19,21-22,32H,2-7,9-12,15-16H2,1H3,(H,35,40)(H2,31,33,34)/t21-/m1/s1. The van der Waals surface area contributed by atoms with Crippen LogP contribution in [0.2, 0.25) is 0 Å². The molecule has 7 rings (SSSR count). The minimum absolute atomic E-state index is 0.0207. The van der Waals surface area contributed by atoms with Crippen LogP contribution in [0.1, 0.15) is 71.6 Å². The Bertz CT molecular complexity index is 1540. The van der Waals surface area contributed by atoms with Gasteiger partial charge in [-0.15, -0.1) is 11.3 Å². The van der Waals surface area contributed by atoms with Crippen LogP contribution in [0.3, 0.4) is 0 Å². The second kappa shape index (κ2) is 11.2. The van der Waals surface area contributed by atoms with Crippen molar-refractivity contribution < 1.29 is 14.3 Å². The third-order valence-electron chi connectivity index (χ3n) is 8.84. The molecule has 3 aliphatic heterocycles. The molecule has 3 fully saturated rings. The van der Waals surface area contributed by atoms with Gasteiger partial charge in [0.1, 0.15) is 28.6 Å². The van der Waals surface area contributed by atoms with Crippen molar-refractivity contribution in [2.75, 3.05) is 49.9 Å². The van der Waals surface area contributed by atoms with Crippen molar-refractivity contribution in [1.82, 2.24) is 30.1 Å². The molecule has 4 aliphatic rings. The molecule has 42 heavy (non-hydrogen) atoms. The molecule has 0 aromatic carbocycles. The number of carbonyl (C=O) groups is 2. The fourth-order valence-corrected chi connectivity index (χ4v) is 7.53. The van der Waals surface area contributed by atoms with E-state index >= 15 is 0 Å². The minimum atomic E-state index is -0.0478. The number of hydrogen-bond acceptors (Lipinski definition) is 9. The van der Waals surface area contributed by atoms with E-state index in [1.807, 2.05) is 4.52 Å². The average Bonchev–Trinajstić information content (AvgIpc) is 3.38. The summed E-state index contributed by atoms with van der Waals surface area (Å²) in [4.78, 5) is 36.0. The van der Waals surface area contributed by atoms with Crippen molar-refractivity contribution in [2.24, 2.45) is 0 Å². The van der Waals surface area contributed by atoms with E-state index in [0.717, 1.165) is 73.5 Å². The van der Waals surface area contributed by atoms with Gasteiger partial charge in [0, 0.05) is 44.0 Å². The molecule has 4 N–H and O–H groups in total. The van der Waals surface area contributed by atoms with Crippen molar-refractivity contribution in [3.05, 3.63) is 40.0 Å². The van der Waals surface area contributed by atoms with E-state index in [2.05, 4.69) is 43.8 Å². The number of hydrogen-bond donors (Lipinski definition) is 3. The number of nitrogen functional groups attached to an aromatic ring is 1. The van der Waals surface area contributed by atoms with Crippen molar-refractivity contribution in [3.8, 4) is 5.75 Å². The third kappa shape index (κ3) is 5.33. The van der Waals surface area contributed by atoms with Crippen LogP contribution in [0.15, 0.2) is 24.5 Å². The molecule has 0 bridgehead atoms. The number of amides is 2. The molecule has 1 aliphatic carbocycles. The molecule has 1 saturated carbocycles. The van der Waals surface area contributed by atoms with Crippen molar-refractivity contribution in [3.63, 3.8) is 0 Å². The molecule has 3 aromatic rings. The summed E-state index contributed by atoms with van der Waals surface area (Å²) in [5, 5.41) is 11.3. The molecule has 12 heteroatoms. The maximum absolute atomic E-state index is 13.7. The number of ether oxygens (including phenoxy) is 1. The molecule has 6 heterocycles. The van der Waals surface area contributed by atoms with Gasteiger partial charge in [0.2, 0.25) is 5.91 Å². The van der Waals surface area contributed by atoms with Crippen molar-refractivity contribution >= 4 is 45.7 Å². The molecule has 0 spiro atoms. The first-order chi connectivity index (χ1) is 20.4. The van der Waals surface area contributed by atoms with Gasteiger partial charge >= 0.3 is 0 Å². The van der Waals surface area contributed by atoms with Gasteiger partial charge in [0.05, 0.1) is 11.4 Å². The lowest BCUT2D eigenvalue weighted by atomic mass is 10.0. The monoisotopic (exact) mass is 590 g/mol. The summed E-state index contributed by atoms with van der Waals surface area (Å²) in [6, 6.07) is 4.20. The summed E-state index contributed by atoms with van der Waals surface area (Å²) >= 11 is 1.60. The van der Waals surface area contributed by atoms with E-state index < -0.39 is 0 Å². The van der Waals surface area contributed by atoms with Gasteiger partial charge in [0.15, 0.2) is 5.82 Å². The SMILES string of the molecule is CC(=O)N1CC=C(c2cc(N3CCC[C@@H](NC(=O)c4sc(C5CC5)cc4OC4CCNCC4)C3)c3c(N)ncnn23)C1. The highest BCUT2D eigenvalue weighted by atomic mass is 32.1. The van der Waals surface area contributed by atoms with Gasteiger partial charge in [-0.1, -0.05) is 6.08 Å².